The maximum absolute atomic E-state index is 12.9. The number of halogens is 6. The fraction of sp³-hybridized carbons (Fsp3) is 0.0714. The van der Waals surface area contributed by atoms with Crippen LogP contribution in [0.2, 0.25) is 15.1 Å². The molecule has 0 fully saturated rings. The highest BCUT2D eigenvalue weighted by Crippen LogP contribution is 2.41. The van der Waals surface area contributed by atoms with Crippen LogP contribution < -0.4 is 16.4 Å². The first-order valence-electron chi connectivity index (χ1n) is 6.23. The zero-order valence-corrected chi connectivity index (χ0v) is 13.9. The van der Waals surface area contributed by atoms with E-state index in [4.69, 9.17) is 46.3 Å². The Morgan fingerprint density at radius 1 is 0.958 bits per heavy atom. The van der Waals surface area contributed by atoms with E-state index < -0.39 is 17.8 Å². The molecule has 128 valence electrons. The first-order valence-corrected chi connectivity index (χ1v) is 7.36. The fourth-order valence-corrected chi connectivity index (χ4v) is 2.50. The summed E-state index contributed by atoms with van der Waals surface area (Å²) in [5.74, 6) is 0. The van der Waals surface area contributed by atoms with Gasteiger partial charge in [0.15, 0.2) is 0 Å². The third kappa shape index (κ3) is 3.63. The molecule has 0 aliphatic carbocycles. The summed E-state index contributed by atoms with van der Waals surface area (Å²) >= 11 is 17.6. The zero-order valence-electron chi connectivity index (χ0n) is 11.7. The SMILES string of the molecule is NC(=O)N(c1cc(Cl)c(Cl)cc1N)c1cc(C(F)(F)F)ccc1Cl. The molecule has 0 saturated carbocycles. The van der Waals surface area contributed by atoms with Gasteiger partial charge in [0.25, 0.3) is 0 Å². The summed E-state index contributed by atoms with van der Waals surface area (Å²) in [6.07, 6.45) is -4.63. The Bertz CT molecular complexity index is 812. The zero-order chi connectivity index (χ0) is 18.2. The third-order valence-electron chi connectivity index (χ3n) is 3.05. The molecule has 0 spiro atoms. The second-order valence-corrected chi connectivity index (χ2v) is 5.88. The van der Waals surface area contributed by atoms with Gasteiger partial charge in [0.2, 0.25) is 0 Å². The number of nitrogens with two attached hydrogens (primary N) is 2. The fourth-order valence-electron chi connectivity index (χ4n) is 1.97. The summed E-state index contributed by atoms with van der Waals surface area (Å²) in [5.41, 5.74) is 9.73. The van der Waals surface area contributed by atoms with E-state index in [0.717, 1.165) is 17.0 Å². The molecule has 4 nitrogen and oxygen atoms in total. The van der Waals surface area contributed by atoms with Gasteiger partial charge in [-0.3, -0.25) is 4.90 Å². The molecule has 2 amide bonds. The number of nitrogen functional groups attached to an aromatic ring is 1. The maximum atomic E-state index is 12.9. The van der Waals surface area contributed by atoms with Gasteiger partial charge < -0.3 is 11.5 Å². The van der Waals surface area contributed by atoms with Crippen molar-refractivity contribution >= 4 is 57.9 Å². The Labute approximate surface area is 149 Å². The molecule has 0 aromatic heterocycles. The normalized spacial score (nSPS) is 11.4. The largest absolute Gasteiger partial charge is 0.416 e. The summed E-state index contributed by atoms with van der Waals surface area (Å²) in [7, 11) is 0. The molecular weight excluding hydrogens is 390 g/mol. The number of anilines is 3. The summed E-state index contributed by atoms with van der Waals surface area (Å²) in [4.78, 5) is 12.6. The Kier molecular flexibility index (Phi) is 5.08. The lowest BCUT2D eigenvalue weighted by Crippen LogP contribution is -2.32. The van der Waals surface area contributed by atoms with Gasteiger partial charge in [-0.25, -0.2) is 4.79 Å². The Morgan fingerprint density at radius 2 is 1.54 bits per heavy atom. The number of rotatable bonds is 2. The van der Waals surface area contributed by atoms with Crippen LogP contribution in [0.15, 0.2) is 30.3 Å². The lowest BCUT2D eigenvalue weighted by Gasteiger charge is -2.24. The van der Waals surface area contributed by atoms with E-state index in [1.807, 2.05) is 0 Å². The number of hydrogen-bond acceptors (Lipinski definition) is 2. The highest BCUT2D eigenvalue weighted by molar-refractivity contribution is 6.42. The van der Waals surface area contributed by atoms with E-state index in [0.29, 0.717) is 6.07 Å². The molecule has 0 atom stereocenters. The summed E-state index contributed by atoms with van der Waals surface area (Å²) in [6.45, 7) is 0. The average molecular weight is 399 g/mol. The van der Waals surface area contributed by atoms with E-state index in [2.05, 4.69) is 0 Å². The van der Waals surface area contributed by atoms with E-state index in [1.165, 1.54) is 12.1 Å². The third-order valence-corrected chi connectivity index (χ3v) is 4.09. The average Bonchev–Trinajstić information content (AvgIpc) is 2.45. The number of hydrogen-bond donors (Lipinski definition) is 2. The van der Waals surface area contributed by atoms with Crippen LogP contribution in [0.5, 0.6) is 0 Å². The molecule has 0 radical (unpaired) electrons. The van der Waals surface area contributed by atoms with Gasteiger partial charge in [-0.1, -0.05) is 34.8 Å². The molecule has 2 rings (SSSR count). The minimum Gasteiger partial charge on any atom is -0.397 e. The van der Waals surface area contributed by atoms with Gasteiger partial charge >= 0.3 is 12.2 Å². The monoisotopic (exact) mass is 397 g/mol. The van der Waals surface area contributed by atoms with Crippen LogP contribution in [0.25, 0.3) is 0 Å². The van der Waals surface area contributed by atoms with Crippen molar-refractivity contribution in [3.63, 3.8) is 0 Å². The highest BCUT2D eigenvalue weighted by Gasteiger charge is 2.32. The van der Waals surface area contributed by atoms with Crippen LogP contribution in [0, 0.1) is 0 Å². The molecule has 4 N–H and O–H groups in total. The van der Waals surface area contributed by atoms with Crippen molar-refractivity contribution in [2.45, 2.75) is 6.18 Å². The Hall–Kier alpha value is -1.83. The van der Waals surface area contributed by atoms with Crippen molar-refractivity contribution in [2.75, 3.05) is 10.6 Å². The van der Waals surface area contributed by atoms with E-state index in [9.17, 15) is 18.0 Å². The van der Waals surface area contributed by atoms with Crippen molar-refractivity contribution < 1.29 is 18.0 Å². The minimum absolute atomic E-state index is 0.0170. The van der Waals surface area contributed by atoms with Crippen LogP contribution >= 0.6 is 34.8 Å². The topological polar surface area (TPSA) is 72.4 Å². The van der Waals surface area contributed by atoms with Gasteiger partial charge in [0, 0.05) is 0 Å². The van der Waals surface area contributed by atoms with Crippen molar-refractivity contribution in [3.05, 3.63) is 51.0 Å². The molecule has 24 heavy (non-hydrogen) atoms. The van der Waals surface area contributed by atoms with Crippen LogP contribution in [-0.2, 0) is 6.18 Å². The summed E-state index contributed by atoms with van der Waals surface area (Å²) in [6, 6.07) is 3.83. The predicted molar refractivity (Wildman–Crippen MR) is 89.1 cm³/mol. The number of urea groups is 1. The lowest BCUT2D eigenvalue weighted by atomic mass is 10.1. The van der Waals surface area contributed by atoms with Gasteiger partial charge in [-0.05, 0) is 30.3 Å². The summed E-state index contributed by atoms with van der Waals surface area (Å²) < 4.78 is 38.8. The number of carbonyl (C=O) groups is 1. The second kappa shape index (κ2) is 6.58. The van der Waals surface area contributed by atoms with Crippen LogP contribution in [0.1, 0.15) is 5.56 Å². The van der Waals surface area contributed by atoms with Gasteiger partial charge in [0.1, 0.15) is 0 Å². The number of alkyl halides is 3. The number of nitrogens with zero attached hydrogens (tertiary/aromatic N) is 1. The quantitative estimate of drug-likeness (QED) is 0.659. The first kappa shape index (κ1) is 18.5. The van der Waals surface area contributed by atoms with Crippen molar-refractivity contribution in [1.29, 1.82) is 0 Å². The molecule has 0 aliphatic rings. The standard InChI is InChI=1S/C14H9Cl3F3N3O/c15-7-2-1-6(14(18,19)20)3-11(7)23(13(22)24)12-5-9(17)8(16)4-10(12)21/h1-5H,21H2,(H2,22,24). The number of amides is 2. The number of carbonyl (C=O) groups excluding carboxylic acids is 1. The van der Waals surface area contributed by atoms with Crippen LogP contribution in [-0.4, -0.2) is 6.03 Å². The van der Waals surface area contributed by atoms with Gasteiger partial charge in [-0.2, -0.15) is 13.2 Å². The highest BCUT2D eigenvalue weighted by atomic mass is 35.5. The predicted octanol–water partition coefficient (Wildman–Crippen LogP) is 5.46. The molecule has 0 bridgehead atoms. The molecule has 0 heterocycles. The van der Waals surface area contributed by atoms with Crippen molar-refractivity contribution in [2.24, 2.45) is 5.73 Å². The molecule has 2 aromatic carbocycles. The minimum atomic E-state index is -4.63. The molecule has 0 saturated heterocycles. The molecule has 0 unspecified atom stereocenters. The maximum Gasteiger partial charge on any atom is 0.416 e. The molecular formula is C14H9Cl3F3N3O. The first-order chi connectivity index (χ1) is 11.0. The Balaban J connectivity index is 2.70. The Morgan fingerprint density at radius 3 is 2.08 bits per heavy atom. The molecule has 2 aromatic rings. The van der Waals surface area contributed by atoms with Gasteiger partial charge in [0.05, 0.1) is 37.7 Å². The van der Waals surface area contributed by atoms with E-state index >= 15 is 0 Å². The van der Waals surface area contributed by atoms with Crippen molar-refractivity contribution in [1.82, 2.24) is 0 Å². The molecule has 10 heteroatoms. The summed E-state index contributed by atoms with van der Waals surface area (Å²) in [5, 5.41) is 0.0139. The van der Waals surface area contributed by atoms with E-state index in [1.54, 1.807) is 0 Å². The lowest BCUT2D eigenvalue weighted by molar-refractivity contribution is -0.137. The number of primary amides is 1. The van der Waals surface area contributed by atoms with Crippen molar-refractivity contribution in [3.8, 4) is 0 Å². The smallest absolute Gasteiger partial charge is 0.397 e. The second-order valence-electron chi connectivity index (χ2n) is 4.66. The molecule has 0 aliphatic heterocycles. The van der Waals surface area contributed by atoms with Crippen LogP contribution in [0.3, 0.4) is 0 Å². The van der Waals surface area contributed by atoms with Crippen LogP contribution in [0.4, 0.5) is 35.0 Å². The van der Waals surface area contributed by atoms with E-state index in [-0.39, 0.29) is 32.1 Å². The van der Waals surface area contributed by atoms with Gasteiger partial charge in [-0.15, -0.1) is 0 Å². The number of benzene rings is 2.